The Labute approximate surface area is 88.7 Å². The SMILES string of the molecule is CC1CCCn2cc(-c3ccco3)nc21. The van der Waals surface area contributed by atoms with Crippen molar-refractivity contribution in [3.8, 4) is 11.5 Å². The molecule has 2 aromatic heterocycles. The third-order valence-corrected chi connectivity index (χ3v) is 3.06. The van der Waals surface area contributed by atoms with Gasteiger partial charge in [-0.15, -0.1) is 0 Å². The maximum atomic E-state index is 5.36. The topological polar surface area (TPSA) is 31.0 Å². The molecule has 2 aromatic rings. The van der Waals surface area contributed by atoms with Crippen molar-refractivity contribution in [1.82, 2.24) is 9.55 Å². The summed E-state index contributed by atoms with van der Waals surface area (Å²) in [6, 6.07) is 3.86. The number of nitrogens with zero attached hydrogens (tertiary/aromatic N) is 2. The van der Waals surface area contributed by atoms with Gasteiger partial charge in [0.2, 0.25) is 0 Å². The first-order valence-corrected chi connectivity index (χ1v) is 5.45. The Bertz CT molecular complexity index is 456. The van der Waals surface area contributed by atoms with Crippen LogP contribution in [0.3, 0.4) is 0 Å². The summed E-state index contributed by atoms with van der Waals surface area (Å²) in [4.78, 5) is 4.64. The number of hydrogen-bond acceptors (Lipinski definition) is 2. The normalized spacial score (nSPS) is 20.2. The molecule has 1 atom stereocenters. The molecule has 0 saturated carbocycles. The van der Waals surface area contributed by atoms with E-state index >= 15 is 0 Å². The lowest BCUT2D eigenvalue weighted by molar-refractivity contribution is 0.463. The number of rotatable bonds is 1. The van der Waals surface area contributed by atoms with E-state index in [1.165, 1.54) is 18.7 Å². The minimum absolute atomic E-state index is 0.572. The standard InChI is InChI=1S/C12H14N2O/c1-9-4-2-6-14-8-10(13-12(9)14)11-5-3-7-15-11/h3,5,7-9H,2,4,6H2,1H3. The Morgan fingerprint density at radius 2 is 2.47 bits per heavy atom. The van der Waals surface area contributed by atoms with E-state index in [1.54, 1.807) is 6.26 Å². The van der Waals surface area contributed by atoms with Crippen LogP contribution >= 0.6 is 0 Å². The van der Waals surface area contributed by atoms with Gasteiger partial charge in [-0.05, 0) is 25.0 Å². The van der Waals surface area contributed by atoms with Crippen molar-refractivity contribution in [1.29, 1.82) is 0 Å². The molecule has 0 N–H and O–H groups in total. The maximum Gasteiger partial charge on any atom is 0.153 e. The summed E-state index contributed by atoms with van der Waals surface area (Å²) < 4.78 is 7.61. The number of fused-ring (bicyclic) bond motifs is 1. The average molecular weight is 202 g/mol. The molecule has 0 spiro atoms. The molecule has 3 nitrogen and oxygen atoms in total. The Morgan fingerprint density at radius 1 is 1.53 bits per heavy atom. The molecule has 0 aliphatic carbocycles. The third-order valence-electron chi connectivity index (χ3n) is 3.06. The molecule has 0 fully saturated rings. The van der Waals surface area contributed by atoms with Crippen molar-refractivity contribution in [2.75, 3.05) is 0 Å². The molecule has 0 saturated heterocycles. The van der Waals surface area contributed by atoms with Crippen LogP contribution in [0.1, 0.15) is 31.5 Å². The van der Waals surface area contributed by atoms with E-state index in [9.17, 15) is 0 Å². The zero-order valence-corrected chi connectivity index (χ0v) is 8.81. The highest BCUT2D eigenvalue weighted by Gasteiger charge is 2.20. The van der Waals surface area contributed by atoms with Gasteiger partial charge in [-0.25, -0.2) is 4.98 Å². The second-order valence-corrected chi connectivity index (χ2v) is 4.20. The van der Waals surface area contributed by atoms with Gasteiger partial charge in [0.1, 0.15) is 11.5 Å². The Balaban J connectivity index is 2.06. The molecule has 0 aromatic carbocycles. The molecule has 3 heteroatoms. The molecular formula is C12H14N2O. The molecule has 78 valence electrons. The van der Waals surface area contributed by atoms with Crippen molar-refractivity contribution in [2.24, 2.45) is 0 Å². The lowest BCUT2D eigenvalue weighted by Gasteiger charge is -2.19. The molecule has 3 heterocycles. The summed E-state index contributed by atoms with van der Waals surface area (Å²) in [5.41, 5.74) is 0.962. The molecule has 1 unspecified atom stereocenters. The first-order valence-electron chi connectivity index (χ1n) is 5.45. The van der Waals surface area contributed by atoms with E-state index in [-0.39, 0.29) is 0 Å². The van der Waals surface area contributed by atoms with E-state index in [0.717, 1.165) is 18.0 Å². The second-order valence-electron chi connectivity index (χ2n) is 4.20. The van der Waals surface area contributed by atoms with Gasteiger partial charge >= 0.3 is 0 Å². The van der Waals surface area contributed by atoms with Gasteiger partial charge in [0.15, 0.2) is 5.76 Å². The summed E-state index contributed by atoms with van der Waals surface area (Å²) >= 11 is 0. The van der Waals surface area contributed by atoms with Crippen LogP contribution in [0.15, 0.2) is 29.0 Å². The molecular weight excluding hydrogens is 188 g/mol. The van der Waals surface area contributed by atoms with Gasteiger partial charge in [-0.2, -0.15) is 0 Å². The van der Waals surface area contributed by atoms with Gasteiger partial charge in [-0.3, -0.25) is 0 Å². The molecule has 1 aliphatic heterocycles. The van der Waals surface area contributed by atoms with E-state index in [1.807, 2.05) is 12.1 Å². The number of aromatic nitrogens is 2. The van der Waals surface area contributed by atoms with Crippen molar-refractivity contribution in [2.45, 2.75) is 32.2 Å². The number of hydrogen-bond donors (Lipinski definition) is 0. The molecule has 0 bridgehead atoms. The smallest absolute Gasteiger partial charge is 0.153 e. The molecule has 3 rings (SSSR count). The van der Waals surface area contributed by atoms with Gasteiger partial charge in [0, 0.05) is 18.7 Å². The van der Waals surface area contributed by atoms with Crippen molar-refractivity contribution >= 4 is 0 Å². The van der Waals surface area contributed by atoms with Gasteiger partial charge < -0.3 is 8.98 Å². The summed E-state index contributed by atoms with van der Waals surface area (Å²) in [7, 11) is 0. The van der Waals surface area contributed by atoms with Crippen LogP contribution in [-0.4, -0.2) is 9.55 Å². The number of furan rings is 1. The summed E-state index contributed by atoms with van der Waals surface area (Å²) in [5.74, 6) is 2.64. The molecule has 15 heavy (non-hydrogen) atoms. The Kier molecular flexibility index (Phi) is 1.91. The fourth-order valence-corrected chi connectivity index (χ4v) is 2.24. The molecule has 1 aliphatic rings. The van der Waals surface area contributed by atoms with Crippen LogP contribution in [0.25, 0.3) is 11.5 Å². The van der Waals surface area contributed by atoms with Crippen molar-refractivity contribution in [3.63, 3.8) is 0 Å². The van der Waals surface area contributed by atoms with Gasteiger partial charge in [-0.1, -0.05) is 6.92 Å². The predicted molar refractivity (Wildman–Crippen MR) is 57.6 cm³/mol. The lowest BCUT2D eigenvalue weighted by Crippen LogP contribution is -2.12. The quantitative estimate of drug-likeness (QED) is 0.711. The third kappa shape index (κ3) is 1.39. The van der Waals surface area contributed by atoms with E-state index in [4.69, 9.17) is 4.42 Å². The largest absolute Gasteiger partial charge is 0.463 e. The Morgan fingerprint density at radius 3 is 3.20 bits per heavy atom. The summed E-state index contributed by atoms with van der Waals surface area (Å²) in [6.45, 7) is 3.33. The highest BCUT2D eigenvalue weighted by molar-refractivity contribution is 5.51. The predicted octanol–water partition coefficient (Wildman–Crippen LogP) is 3.04. The van der Waals surface area contributed by atoms with Crippen LogP contribution in [0, 0.1) is 0 Å². The van der Waals surface area contributed by atoms with E-state index in [2.05, 4.69) is 22.7 Å². The van der Waals surface area contributed by atoms with Crippen molar-refractivity contribution in [3.05, 3.63) is 30.4 Å². The van der Waals surface area contributed by atoms with Crippen LogP contribution in [0.4, 0.5) is 0 Å². The number of imidazole rings is 1. The average Bonchev–Trinajstić information content (AvgIpc) is 2.86. The van der Waals surface area contributed by atoms with Gasteiger partial charge in [0.05, 0.1) is 6.26 Å². The van der Waals surface area contributed by atoms with Crippen LogP contribution in [-0.2, 0) is 6.54 Å². The minimum Gasteiger partial charge on any atom is -0.463 e. The fourth-order valence-electron chi connectivity index (χ4n) is 2.24. The summed E-state index contributed by atoms with van der Waals surface area (Å²) in [6.07, 6.45) is 6.29. The highest BCUT2D eigenvalue weighted by atomic mass is 16.3. The first kappa shape index (κ1) is 8.77. The van der Waals surface area contributed by atoms with Crippen LogP contribution < -0.4 is 0 Å². The van der Waals surface area contributed by atoms with E-state index < -0.39 is 0 Å². The van der Waals surface area contributed by atoms with Crippen LogP contribution in [0.2, 0.25) is 0 Å². The van der Waals surface area contributed by atoms with E-state index in [0.29, 0.717) is 5.92 Å². The maximum absolute atomic E-state index is 5.36. The monoisotopic (exact) mass is 202 g/mol. The number of aryl methyl sites for hydroxylation is 1. The highest BCUT2D eigenvalue weighted by Crippen LogP contribution is 2.29. The van der Waals surface area contributed by atoms with Crippen LogP contribution in [0.5, 0.6) is 0 Å². The molecule has 0 amide bonds. The fraction of sp³-hybridized carbons (Fsp3) is 0.417. The second kappa shape index (κ2) is 3.26. The zero-order valence-electron chi connectivity index (χ0n) is 8.81. The minimum atomic E-state index is 0.572. The Hall–Kier alpha value is -1.51. The van der Waals surface area contributed by atoms with Gasteiger partial charge in [0.25, 0.3) is 0 Å². The zero-order chi connectivity index (χ0) is 10.3. The summed E-state index contributed by atoms with van der Waals surface area (Å²) in [5, 5.41) is 0. The lowest BCUT2D eigenvalue weighted by atomic mass is 10.0. The van der Waals surface area contributed by atoms with Crippen molar-refractivity contribution < 1.29 is 4.42 Å². The first-order chi connectivity index (χ1) is 7.34. The molecule has 0 radical (unpaired) electrons.